The molecule has 7 heteroatoms. The zero-order valence-electron chi connectivity index (χ0n) is 10.5. The molecule has 18 heavy (non-hydrogen) atoms. The van der Waals surface area contributed by atoms with Gasteiger partial charge in [-0.05, 0) is 12.2 Å². The van der Waals surface area contributed by atoms with Crippen LogP contribution in [0.2, 0.25) is 0 Å². The van der Waals surface area contributed by atoms with Gasteiger partial charge in [0.2, 0.25) is 11.8 Å². The maximum absolute atomic E-state index is 10.8. The predicted molar refractivity (Wildman–Crippen MR) is 75.9 cm³/mol. The summed E-state index contributed by atoms with van der Waals surface area (Å²) in [7, 11) is 0. The molecule has 0 aliphatic rings. The molecule has 0 atom stereocenters. The highest BCUT2D eigenvalue weighted by molar-refractivity contribution is 7.98. The van der Waals surface area contributed by atoms with Crippen molar-refractivity contribution in [3.05, 3.63) is 11.1 Å². The Hall–Kier alpha value is -1.08. The molecule has 1 aromatic heterocycles. The summed E-state index contributed by atoms with van der Waals surface area (Å²) in [6.07, 6.45) is 0.951. The van der Waals surface area contributed by atoms with Crippen LogP contribution in [0.3, 0.4) is 0 Å². The normalized spacial score (nSPS) is 10.1. The molecule has 2 N–H and O–H groups in total. The molecule has 1 aromatic rings. The average Bonchev–Trinajstić information content (AvgIpc) is 2.69. The van der Waals surface area contributed by atoms with Gasteiger partial charge in [0.1, 0.15) is 0 Å². The Balaban J connectivity index is 2.13. The van der Waals surface area contributed by atoms with Gasteiger partial charge in [0, 0.05) is 31.5 Å². The van der Waals surface area contributed by atoms with E-state index in [-0.39, 0.29) is 11.8 Å². The Morgan fingerprint density at radius 2 is 2.17 bits per heavy atom. The quantitative estimate of drug-likeness (QED) is 0.751. The number of hydrogen-bond donors (Lipinski definition) is 2. The van der Waals surface area contributed by atoms with Crippen LogP contribution in [-0.2, 0) is 15.3 Å². The fourth-order valence-electron chi connectivity index (χ4n) is 1.20. The number of anilines is 1. The third kappa shape index (κ3) is 6.61. The number of aromatic nitrogens is 1. The highest BCUT2D eigenvalue weighted by atomic mass is 32.2. The number of hydrogen-bond acceptors (Lipinski definition) is 5. The van der Waals surface area contributed by atoms with Crippen molar-refractivity contribution >= 4 is 40.0 Å². The zero-order chi connectivity index (χ0) is 13.4. The van der Waals surface area contributed by atoms with Crippen molar-refractivity contribution in [2.75, 3.05) is 17.6 Å². The van der Waals surface area contributed by atoms with E-state index in [1.165, 1.54) is 25.2 Å². The molecule has 0 saturated carbocycles. The second-order valence-electron chi connectivity index (χ2n) is 3.71. The van der Waals surface area contributed by atoms with Gasteiger partial charge in [0.15, 0.2) is 5.13 Å². The van der Waals surface area contributed by atoms with E-state index in [1.54, 1.807) is 11.8 Å². The van der Waals surface area contributed by atoms with Crippen LogP contribution in [0.1, 0.15) is 26.0 Å². The molecule has 0 aromatic carbocycles. The van der Waals surface area contributed by atoms with Gasteiger partial charge in [-0.1, -0.05) is 0 Å². The van der Waals surface area contributed by atoms with Crippen molar-refractivity contribution < 1.29 is 9.59 Å². The molecule has 5 nitrogen and oxygen atoms in total. The van der Waals surface area contributed by atoms with Crippen molar-refractivity contribution in [2.24, 2.45) is 0 Å². The topological polar surface area (TPSA) is 71.1 Å². The van der Waals surface area contributed by atoms with Crippen molar-refractivity contribution in [3.8, 4) is 0 Å². The van der Waals surface area contributed by atoms with Crippen LogP contribution < -0.4 is 10.6 Å². The maximum atomic E-state index is 10.8. The van der Waals surface area contributed by atoms with Crippen LogP contribution in [0.15, 0.2) is 5.38 Å². The molecule has 0 radical (unpaired) electrons. The molecule has 0 bridgehead atoms. The second kappa shape index (κ2) is 8.10. The first-order chi connectivity index (χ1) is 8.58. The zero-order valence-corrected chi connectivity index (χ0v) is 12.1. The number of carbonyl (C=O) groups is 2. The van der Waals surface area contributed by atoms with Gasteiger partial charge in [-0.2, -0.15) is 11.8 Å². The van der Waals surface area contributed by atoms with E-state index in [1.807, 2.05) is 5.38 Å². The largest absolute Gasteiger partial charge is 0.356 e. The van der Waals surface area contributed by atoms with Gasteiger partial charge in [-0.25, -0.2) is 4.98 Å². The molecule has 100 valence electrons. The number of thioether (sulfide) groups is 1. The first-order valence-electron chi connectivity index (χ1n) is 5.62. The first-order valence-corrected chi connectivity index (χ1v) is 7.65. The minimum absolute atomic E-state index is 0.0134. The molecule has 1 heterocycles. The lowest BCUT2D eigenvalue weighted by molar-refractivity contribution is -0.119. The van der Waals surface area contributed by atoms with Gasteiger partial charge >= 0.3 is 0 Å². The Morgan fingerprint density at radius 1 is 1.39 bits per heavy atom. The second-order valence-corrected chi connectivity index (χ2v) is 5.68. The summed E-state index contributed by atoms with van der Waals surface area (Å²) in [6, 6.07) is 0. The smallest absolute Gasteiger partial charge is 0.223 e. The summed E-state index contributed by atoms with van der Waals surface area (Å²) in [4.78, 5) is 25.7. The summed E-state index contributed by atoms with van der Waals surface area (Å²) in [6.45, 7) is 3.71. The predicted octanol–water partition coefficient (Wildman–Crippen LogP) is 1.86. The van der Waals surface area contributed by atoms with Crippen LogP contribution in [0.5, 0.6) is 0 Å². The van der Waals surface area contributed by atoms with Gasteiger partial charge in [-0.15, -0.1) is 11.3 Å². The van der Waals surface area contributed by atoms with E-state index in [0.29, 0.717) is 5.13 Å². The number of nitrogens with one attached hydrogen (secondary N) is 2. The van der Waals surface area contributed by atoms with Gasteiger partial charge < -0.3 is 10.6 Å². The molecule has 0 aliphatic carbocycles. The van der Waals surface area contributed by atoms with E-state index in [4.69, 9.17) is 0 Å². The van der Waals surface area contributed by atoms with Crippen LogP contribution in [-0.4, -0.2) is 29.1 Å². The summed E-state index contributed by atoms with van der Waals surface area (Å²) in [5.41, 5.74) is 0.980. The fraction of sp³-hybridized carbons (Fsp3) is 0.545. The van der Waals surface area contributed by atoms with E-state index in [0.717, 1.165) is 30.2 Å². The molecule has 0 aliphatic heterocycles. The van der Waals surface area contributed by atoms with Crippen LogP contribution in [0.4, 0.5) is 5.13 Å². The fourth-order valence-corrected chi connectivity index (χ4v) is 2.91. The minimum atomic E-state index is -0.0983. The highest BCUT2D eigenvalue weighted by Gasteiger charge is 2.03. The van der Waals surface area contributed by atoms with E-state index in [2.05, 4.69) is 15.6 Å². The molecular weight excluding hydrogens is 270 g/mol. The Kier molecular flexibility index (Phi) is 6.74. The highest BCUT2D eigenvalue weighted by Crippen LogP contribution is 2.19. The number of rotatable bonds is 7. The molecule has 0 spiro atoms. The standard InChI is InChI=1S/C11H17N3O2S2/c1-8(15)12-4-3-5-17-6-10-7-18-11(14-10)13-9(2)16/h7H,3-6H2,1-2H3,(H,12,15)(H,13,14,16). The van der Waals surface area contributed by atoms with E-state index in [9.17, 15) is 9.59 Å². The third-order valence-electron chi connectivity index (χ3n) is 1.92. The molecule has 1 rings (SSSR count). The van der Waals surface area contributed by atoms with Crippen molar-refractivity contribution in [1.82, 2.24) is 10.3 Å². The summed E-state index contributed by atoms with van der Waals surface area (Å²) >= 11 is 3.21. The Bertz CT molecular complexity index is 407. The summed E-state index contributed by atoms with van der Waals surface area (Å²) < 4.78 is 0. The Labute approximate surface area is 115 Å². The van der Waals surface area contributed by atoms with Crippen LogP contribution in [0, 0.1) is 0 Å². The van der Waals surface area contributed by atoms with Gasteiger partial charge in [0.25, 0.3) is 0 Å². The SMILES string of the molecule is CC(=O)NCCCSCc1csc(NC(C)=O)n1. The number of carbonyl (C=O) groups excluding carboxylic acids is 2. The summed E-state index contributed by atoms with van der Waals surface area (Å²) in [5, 5.41) is 8.02. The lowest BCUT2D eigenvalue weighted by Gasteiger charge is -2.01. The lowest BCUT2D eigenvalue weighted by atomic mass is 10.5. The molecular formula is C11H17N3O2S2. The molecule has 0 unspecified atom stereocenters. The van der Waals surface area contributed by atoms with Crippen molar-refractivity contribution in [1.29, 1.82) is 0 Å². The van der Waals surface area contributed by atoms with E-state index >= 15 is 0 Å². The lowest BCUT2D eigenvalue weighted by Crippen LogP contribution is -2.21. The molecule has 0 saturated heterocycles. The Morgan fingerprint density at radius 3 is 2.83 bits per heavy atom. The number of thiazole rings is 1. The minimum Gasteiger partial charge on any atom is -0.356 e. The number of nitrogens with zero attached hydrogens (tertiary/aromatic N) is 1. The van der Waals surface area contributed by atoms with Gasteiger partial charge in [0.05, 0.1) is 5.69 Å². The van der Waals surface area contributed by atoms with Crippen LogP contribution >= 0.6 is 23.1 Å². The van der Waals surface area contributed by atoms with Crippen molar-refractivity contribution in [3.63, 3.8) is 0 Å². The maximum Gasteiger partial charge on any atom is 0.223 e. The van der Waals surface area contributed by atoms with Gasteiger partial charge in [-0.3, -0.25) is 9.59 Å². The monoisotopic (exact) mass is 287 g/mol. The molecule has 0 fully saturated rings. The molecule has 2 amide bonds. The van der Waals surface area contributed by atoms with Crippen LogP contribution in [0.25, 0.3) is 0 Å². The van der Waals surface area contributed by atoms with Crippen molar-refractivity contribution in [2.45, 2.75) is 26.0 Å². The number of amides is 2. The average molecular weight is 287 g/mol. The summed E-state index contributed by atoms with van der Waals surface area (Å²) in [5.74, 6) is 1.72. The first kappa shape index (κ1) is 15.0. The van der Waals surface area contributed by atoms with E-state index < -0.39 is 0 Å². The third-order valence-corrected chi connectivity index (χ3v) is 3.81.